The fourth-order valence-corrected chi connectivity index (χ4v) is 0.869. The molecule has 0 aliphatic carbocycles. The van der Waals surface area contributed by atoms with Crippen LogP contribution in [-0.4, -0.2) is 17.4 Å². The van der Waals surface area contributed by atoms with E-state index < -0.39 is 0 Å². The van der Waals surface area contributed by atoms with Crippen LogP contribution in [-0.2, 0) is 0 Å². The van der Waals surface area contributed by atoms with Crippen LogP contribution in [0.25, 0.3) is 0 Å². The van der Waals surface area contributed by atoms with Gasteiger partial charge in [-0.1, -0.05) is 12.1 Å². The monoisotopic (exact) mass is 203 g/mol. The number of nitrogens with one attached hydrogen (secondary N) is 1. The van der Waals surface area contributed by atoms with Gasteiger partial charge in [0, 0.05) is 0 Å². The van der Waals surface area contributed by atoms with E-state index in [9.17, 15) is 0 Å². The molecule has 0 spiro atoms. The lowest BCUT2D eigenvalue weighted by molar-refractivity contribution is 0.232. The standard InChI is InChI=1S/C9H9N5O/c10-5-7-2-1-3-8(4-7)6-12-13-9(11)14-15/h1-4,6,15H,(H3,11,13,14)/b12-6+. The van der Waals surface area contributed by atoms with Gasteiger partial charge in [-0.3, -0.25) is 5.21 Å². The lowest BCUT2D eigenvalue weighted by Gasteiger charge is -1.93. The zero-order chi connectivity index (χ0) is 11.1. The zero-order valence-corrected chi connectivity index (χ0v) is 7.75. The molecule has 0 fully saturated rings. The Morgan fingerprint density at radius 2 is 2.40 bits per heavy atom. The average molecular weight is 203 g/mol. The Kier molecular flexibility index (Phi) is 3.82. The van der Waals surface area contributed by atoms with E-state index in [0.717, 1.165) is 5.56 Å². The van der Waals surface area contributed by atoms with E-state index >= 15 is 0 Å². The second-order valence-corrected chi connectivity index (χ2v) is 2.58. The van der Waals surface area contributed by atoms with Gasteiger partial charge in [0.1, 0.15) is 0 Å². The third-order valence-corrected chi connectivity index (χ3v) is 1.50. The first kappa shape index (κ1) is 10.7. The van der Waals surface area contributed by atoms with Gasteiger partial charge in [-0.25, -0.2) is 5.48 Å². The van der Waals surface area contributed by atoms with Crippen LogP contribution in [0.1, 0.15) is 11.1 Å². The Morgan fingerprint density at radius 1 is 1.60 bits per heavy atom. The van der Waals surface area contributed by atoms with Gasteiger partial charge in [0.25, 0.3) is 0 Å². The second kappa shape index (κ2) is 5.36. The molecule has 76 valence electrons. The molecule has 6 nitrogen and oxygen atoms in total. The van der Waals surface area contributed by atoms with Crippen molar-refractivity contribution < 1.29 is 5.21 Å². The van der Waals surface area contributed by atoms with Crippen molar-refractivity contribution in [2.75, 3.05) is 0 Å². The van der Waals surface area contributed by atoms with Crippen molar-refractivity contribution >= 4 is 12.2 Å². The number of guanidine groups is 1. The molecule has 0 heterocycles. The molecule has 6 heteroatoms. The molecule has 0 amide bonds. The second-order valence-electron chi connectivity index (χ2n) is 2.58. The molecule has 0 aliphatic heterocycles. The SMILES string of the molecule is N#Cc1cccc(/C=N/N=C(N)NO)c1. The van der Waals surface area contributed by atoms with Gasteiger partial charge >= 0.3 is 0 Å². The molecule has 0 aliphatic rings. The van der Waals surface area contributed by atoms with Gasteiger partial charge in [0.15, 0.2) is 0 Å². The normalized spacial score (nSPS) is 11.3. The van der Waals surface area contributed by atoms with Gasteiger partial charge in [-0.2, -0.15) is 10.4 Å². The third kappa shape index (κ3) is 3.46. The Hall–Kier alpha value is -2.39. The van der Waals surface area contributed by atoms with Crippen molar-refractivity contribution in [3.63, 3.8) is 0 Å². The Bertz CT molecular complexity index is 432. The Morgan fingerprint density at radius 3 is 3.07 bits per heavy atom. The van der Waals surface area contributed by atoms with Crippen LogP contribution in [0.15, 0.2) is 34.5 Å². The number of nitrogens with zero attached hydrogens (tertiary/aromatic N) is 3. The van der Waals surface area contributed by atoms with Gasteiger partial charge in [0.2, 0.25) is 5.96 Å². The number of rotatable bonds is 2. The van der Waals surface area contributed by atoms with E-state index in [1.807, 2.05) is 6.07 Å². The molecular weight excluding hydrogens is 194 g/mol. The van der Waals surface area contributed by atoms with Crippen molar-refractivity contribution in [3.05, 3.63) is 35.4 Å². The minimum atomic E-state index is -0.206. The molecule has 0 saturated carbocycles. The zero-order valence-electron chi connectivity index (χ0n) is 7.75. The summed E-state index contributed by atoms with van der Waals surface area (Å²) in [6, 6.07) is 8.84. The maximum absolute atomic E-state index is 8.63. The Balaban J connectivity index is 2.77. The first-order valence-electron chi connectivity index (χ1n) is 4.03. The molecule has 0 unspecified atom stereocenters. The van der Waals surface area contributed by atoms with Gasteiger partial charge in [-0.15, -0.1) is 5.10 Å². The largest absolute Gasteiger partial charge is 0.367 e. The number of hydrogen-bond acceptors (Lipinski definition) is 4. The van der Waals surface area contributed by atoms with E-state index in [1.54, 1.807) is 29.7 Å². The van der Waals surface area contributed by atoms with Crippen molar-refractivity contribution in [2.24, 2.45) is 15.9 Å². The van der Waals surface area contributed by atoms with Gasteiger partial charge in [0.05, 0.1) is 17.8 Å². The average Bonchev–Trinajstić information content (AvgIpc) is 2.29. The summed E-state index contributed by atoms with van der Waals surface area (Å²) in [7, 11) is 0. The summed E-state index contributed by atoms with van der Waals surface area (Å²) in [6.07, 6.45) is 1.42. The molecule has 0 aromatic heterocycles. The van der Waals surface area contributed by atoms with Crippen LogP contribution in [0, 0.1) is 11.3 Å². The van der Waals surface area contributed by atoms with Crippen molar-refractivity contribution in [3.8, 4) is 6.07 Å². The van der Waals surface area contributed by atoms with Crippen LogP contribution >= 0.6 is 0 Å². The number of benzene rings is 1. The molecule has 1 rings (SSSR count). The first-order chi connectivity index (χ1) is 7.26. The van der Waals surface area contributed by atoms with Crippen LogP contribution in [0.5, 0.6) is 0 Å². The third-order valence-electron chi connectivity index (χ3n) is 1.50. The lowest BCUT2D eigenvalue weighted by atomic mass is 10.1. The van der Waals surface area contributed by atoms with Crippen molar-refractivity contribution in [2.45, 2.75) is 0 Å². The highest BCUT2D eigenvalue weighted by atomic mass is 16.5. The molecule has 1 aromatic carbocycles. The summed E-state index contributed by atoms with van der Waals surface area (Å²) < 4.78 is 0. The molecule has 4 N–H and O–H groups in total. The smallest absolute Gasteiger partial charge is 0.237 e. The number of nitrogens with two attached hydrogens (primary N) is 1. The maximum Gasteiger partial charge on any atom is 0.237 e. The first-order valence-corrected chi connectivity index (χ1v) is 4.03. The van der Waals surface area contributed by atoms with E-state index in [-0.39, 0.29) is 5.96 Å². The molecule has 0 saturated heterocycles. The molecular formula is C9H9N5O. The fraction of sp³-hybridized carbons (Fsp3) is 0. The highest BCUT2D eigenvalue weighted by Crippen LogP contribution is 2.01. The Labute approximate surface area is 86.3 Å². The van der Waals surface area contributed by atoms with E-state index in [1.165, 1.54) is 6.21 Å². The summed E-state index contributed by atoms with van der Waals surface area (Å²) in [4.78, 5) is 0. The maximum atomic E-state index is 8.63. The van der Waals surface area contributed by atoms with E-state index in [2.05, 4.69) is 10.2 Å². The minimum Gasteiger partial charge on any atom is -0.367 e. The van der Waals surface area contributed by atoms with E-state index in [0.29, 0.717) is 5.56 Å². The highest BCUT2D eigenvalue weighted by Gasteiger charge is 1.91. The minimum absolute atomic E-state index is 0.206. The fourth-order valence-electron chi connectivity index (χ4n) is 0.869. The summed E-state index contributed by atoms with van der Waals surface area (Å²) in [5.41, 5.74) is 8.02. The predicted molar refractivity (Wildman–Crippen MR) is 55.3 cm³/mol. The van der Waals surface area contributed by atoms with Crippen molar-refractivity contribution in [1.82, 2.24) is 5.48 Å². The highest BCUT2D eigenvalue weighted by molar-refractivity contribution is 5.82. The summed E-state index contributed by atoms with van der Waals surface area (Å²) in [5.74, 6) is -0.206. The summed E-state index contributed by atoms with van der Waals surface area (Å²) in [6.45, 7) is 0. The number of hydroxylamine groups is 1. The number of hydrogen-bond donors (Lipinski definition) is 3. The quantitative estimate of drug-likeness (QED) is 0.362. The summed E-state index contributed by atoms with van der Waals surface area (Å²) >= 11 is 0. The van der Waals surface area contributed by atoms with Crippen LogP contribution in [0.3, 0.4) is 0 Å². The molecule has 0 radical (unpaired) electrons. The van der Waals surface area contributed by atoms with Crippen LogP contribution in [0.4, 0.5) is 0 Å². The molecule has 0 bridgehead atoms. The lowest BCUT2D eigenvalue weighted by Crippen LogP contribution is -2.27. The van der Waals surface area contributed by atoms with Crippen LogP contribution < -0.4 is 11.2 Å². The van der Waals surface area contributed by atoms with Gasteiger partial charge in [-0.05, 0) is 17.7 Å². The topological polar surface area (TPSA) is 107 Å². The molecule has 15 heavy (non-hydrogen) atoms. The predicted octanol–water partition coefficient (Wildman–Crippen LogP) is 0.186. The summed E-state index contributed by atoms with van der Waals surface area (Å²) in [5, 5.41) is 23.9. The molecule has 1 aromatic rings. The van der Waals surface area contributed by atoms with Crippen LogP contribution in [0.2, 0.25) is 0 Å². The van der Waals surface area contributed by atoms with Gasteiger partial charge < -0.3 is 5.73 Å². The molecule has 0 atom stereocenters. The van der Waals surface area contributed by atoms with E-state index in [4.69, 9.17) is 16.2 Å². The number of nitriles is 1. The van der Waals surface area contributed by atoms with Crippen molar-refractivity contribution in [1.29, 1.82) is 5.26 Å².